The van der Waals surface area contributed by atoms with Crippen LogP contribution >= 0.6 is 0 Å². The molecule has 4 saturated carbocycles. The molecule has 0 aliphatic heterocycles. The zero-order valence-electron chi connectivity index (χ0n) is 13.7. The Kier molecular flexibility index (Phi) is 3.89. The Bertz CT molecular complexity index is 700. The molecular formula is C16H26O6S2. The Hall–Kier alpha value is -0.180. The van der Waals surface area contributed by atoms with Gasteiger partial charge in [0.15, 0.2) is 0 Å². The second kappa shape index (κ2) is 5.41. The lowest BCUT2D eigenvalue weighted by Gasteiger charge is -2.46. The zero-order chi connectivity index (χ0) is 17.3. The predicted octanol–water partition coefficient (Wildman–Crippen LogP) is 2.37. The highest BCUT2D eigenvalue weighted by molar-refractivity contribution is 7.90. The summed E-state index contributed by atoms with van der Waals surface area (Å²) in [5, 5.41) is 0. The van der Waals surface area contributed by atoms with Gasteiger partial charge in [0.25, 0.3) is 20.2 Å². The molecule has 4 fully saturated rings. The molecular weight excluding hydrogens is 352 g/mol. The fourth-order valence-electron chi connectivity index (χ4n) is 6.92. The first-order valence-corrected chi connectivity index (χ1v) is 12.1. The van der Waals surface area contributed by atoms with Gasteiger partial charge in [0, 0.05) is 0 Å². The third-order valence-electron chi connectivity index (χ3n) is 7.62. The van der Waals surface area contributed by atoms with Crippen molar-refractivity contribution in [2.75, 3.05) is 5.75 Å². The third-order valence-corrected chi connectivity index (χ3v) is 10.4. The fourth-order valence-corrected chi connectivity index (χ4v) is 10.3. The average Bonchev–Trinajstić information content (AvgIpc) is 3.21. The van der Waals surface area contributed by atoms with Gasteiger partial charge in [-0.05, 0) is 74.0 Å². The van der Waals surface area contributed by atoms with Crippen LogP contribution in [0.4, 0.5) is 0 Å². The Morgan fingerprint density at radius 2 is 1.21 bits per heavy atom. The summed E-state index contributed by atoms with van der Waals surface area (Å²) in [7, 11) is -9.12. The molecule has 6 unspecified atom stereocenters. The van der Waals surface area contributed by atoms with Gasteiger partial charge in [0.05, 0.1) is 5.75 Å². The van der Waals surface area contributed by atoms with Gasteiger partial charge in [0.1, 0.15) is 4.75 Å². The van der Waals surface area contributed by atoms with Gasteiger partial charge in [-0.25, -0.2) is 0 Å². The van der Waals surface area contributed by atoms with Crippen LogP contribution in [0, 0.1) is 35.5 Å². The second-order valence-corrected chi connectivity index (χ2v) is 11.9. The van der Waals surface area contributed by atoms with E-state index in [-0.39, 0.29) is 23.7 Å². The van der Waals surface area contributed by atoms with Crippen LogP contribution in [0.25, 0.3) is 0 Å². The van der Waals surface area contributed by atoms with Crippen molar-refractivity contribution >= 4 is 20.2 Å². The molecule has 24 heavy (non-hydrogen) atoms. The number of hydrogen-bond donors (Lipinski definition) is 2. The minimum absolute atomic E-state index is 0.151. The highest BCUT2D eigenvalue weighted by atomic mass is 32.2. The molecule has 4 aliphatic rings. The molecule has 0 radical (unpaired) electrons. The maximum absolute atomic E-state index is 12.6. The molecule has 6 atom stereocenters. The number of rotatable bonds is 5. The minimum atomic E-state index is -4.61. The van der Waals surface area contributed by atoms with Crippen molar-refractivity contribution in [2.24, 2.45) is 35.5 Å². The molecule has 4 rings (SSSR count). The number of fused-ring (bicyclic) bond motifs is 4. The quantitative estimate of drug-likeness (QED) is 0.711. The summed E-state index contributed by atoms with van der Waals surface area (Å²) in [6.07, 6.45) is 7.10. The highest BCUT2D eigenvalue weighted by Gasteiger charge is 2.65. The normalized spacial score (nSPS) is 44.1. The molecule has 4 aliphatic carbocycles. The van der Waals surface area contributed by atoms with E-state index in [1.807, 2.05) is 0 Å². The zero-order valence-corrected chi connectivity index (χ0v) is 15.3. The largest absolute Gasteiger partial charge is 0.285 e. The van der Waals surface area contributed by atoms with Gasteiger partial charge in [-0.3, -0.25) is 9.11 Å². The van der Waals surface area contributed by atoms with Crippen LogP contribution in [-0.4, -0.2) is 36.4 Å². The Morgan fingerprint density at radius 3 is 1.46 bits per heavy atom. The summed E-state index contributed by atoms with van der Waals surface area (Å²) in [5.74, 6) is -0.381. The Balaban J connectivity index is 1.83. The summed E-state index contributed by atoms with van der Waals surface area (Å²) in [5.41, 5.74) is 0. The Morgan fingerprint density at radius 1 is 0.750 bits per heavy atom. The minimum Gasteiger partial charge on any atom is -0.285 e. The maximum atomic E-state index is 12.6. The molecule has 0 spiro atoms. The molecule has 0 aromatic carbocycles. The van der Waals surface area contributed by atoms with Crippen molar-refractivity contribution in [1.82, 2.24) is 0 Å². The van der Waals surface area contributed by atoms with E-state index in [1.165, 1.54) is 0 Å². The molecule has 0 amide bonds. The predicted molar refractivity (Wildman–Crippen MR) is 88.6 cm³/mol. The summed E-state index contributed by atoms with van der Waals surface area (Å²) < 4.78 is 67.0. The topological polar surface area (TPSA) is 109 Å². The first kappa shape index (κ1) is 17.2. The van der Waals surface area contributed by atoms with Crippen LogP contribution in [0.1, 0.15) is 51.4 Å². The van der Waals surface area contributed by atoms with E-state index in [4.69, 9.17) is 0 Å². The lowest BCUT2D eigenvalue weighted by atomic mass is 9.68. The molecule has 2 N–H and O–H groups in total. The van der Waals surface area contributed by atoms with Crippen LogP contribution < -0.4 is 0 Å². The van der Waals surface area contributed by atoms with E-state index in [9.17, 15) is 25.9 Å². The first-order valence-electron chi connectivity index (χ1n) is 9.02. The van der Waals surface area contributed by atoms with Crippen LogP contribution in [-0.2, 0) is 20.2 Å². The van der Waals surface area contributed by atoms with Crippen LogP contribution in [0.5, 0.6) is 0 Å². The molecule has 4 bridgehead atoms. The van der Waals surface area contributed by atoms with E-state index in [0.29, 0.717) is 24.7 Å². The Labute approximate surface area is 143 Å². The molecule has 0 saturated heterocycles. The average molecular weight is 379 g/mol. The first-order chi connectivity index (χ1) is 11.1. The summed E-state index contributed by atoms with van der Waals surface area (Å²) >= 11 is 0. The second-order valence-electron chi connectivity index (χ2n) is 8.72. The van der Waals surface area contributed by atoms with Gasteiger partial charge in [-0.2, -0.15) is 16.8 Å². The lowest BCUT2D eigenvalue weighted by Crippen LogP contribution is -2.58. The number of hydrogen-bond acceptors (Lipinski definition) is 4. The van der Waals surface area contributed by atoms with Gasteiger partial charge < -0.3 is 0 Å². The van der Waals surface area contributed by atoms with Gasteiger partial charge in [0.2, 0.25) is 0 Å². The van der Waals surface area contributed by atoms with Crippen molar-refractivity contribution in [3.05, 3.63) is 0 Å². The van der Waals surface area contributed by atoms with Crippen molar-refractivity contribution < 1.29 is 25.9 Å². The van der Waals surface area contributed by atoms with Gasteiger partial charge >= 0.3 is 0 Å². The van der Waals surface area contributed by atoms with E-state index in [1.54, 1.807) is 0 Å². The van der Waals surface area contributed by atoms with Gasteiger partial charge in [-0.15, -0.1) is 0 Å². The summed E-state index contributed by atoms with van der Waals surface area (Å²) in [6, 6.07) is 0. The fraction of sp³-hybridized carbons (Fsp3) is 1.00. The van der Waals surface area contributed by atoms with Crippen LogP contribution in [0.2, 0.25) is 0 Å². The molecule has 6 nitrogen and oxygen atoms in total. The monoisotopic (exact) mass is 378 g/mol. The van der Waals surface area contributed by atoms with E-state index >= 15 is 0 Å². The maximum Gasteiger partial charge on any atom is 0.272 e. The molecule has 0 aromatic heterocycles. The van der Waals surface area contributed by atoms with Crippen LogP contribution in [0.15, 0.2) is 0 Å². The van der Waals surface area contributed by atoms with Gasteiger partial charge in [-0.1, -0.05) is 12.8 Å². The van der Waals surface area contributed by atoms with Crippen LogP contribution in [0.3, 0.4) is 0 Å². The molecule has 0 aromatic rings. The van der Waals surface area contributed by atoms with Crippen molar-refractivity contribution in [1.29, 1.82) is 0 Å². The summed E-state index contributed by atoms with van der Waals surface area (Å²) in [4.78, 5) is 0. The van der Waals surface area contributed by atoms with Crippen molar-refractivity contribution in [3.63, 3.8) is 0 Å². The highest BCUT2D eigenvalue weighted by Crippen LogP contribution is 2.62. The molecule has 8 heteroatoms. The molecule has 0 heterocycles. The standard InChI is InChI=1S/C16H26O6S2/c17-23(18,19)9-16(24(20,21)22,14-7-10-1-3-12(14)5-10)15-8-11-2-4-13(15)6-11/h10-15H,1-9H2,(H,17,18,19)(H,20,21,22). The smallest absolute Gasteiger partial charge is 0.272 e. The molecule has 138 valence electrons. The van der Waals surface area contributed by atoms with Crippen molar-refractivity contribution in [3.8, 4) is 0 Å². The SMILES string of the molecule is O=S(=O)(O)CC(C1CC2CCC1C2)(C1CC2CCC1C2)S(=O)(=O)O. The van der Waals surface area contributed by atoms with E-state index in [0.717, 1.165) is 38.5 Å². The lowest BCUT2D eigenvalue weighted by molar-refractivity contribution is 0.146. The van der Waals surface area contributed by atoms with E-state index < -0.39 is 30.7 Å². The third kappa shape index (κ3) is 2.56. The van der Waals surface area contributed by atoms with Crippen molar-refractivity contribution in [2.45, 2.75) is 56.1 Å². The summed E-state index contributed by atoms with van der Waals surface area (Å²) in [6.45, 7) is 0. The van der Waals surface area contributed by atoms with E-state index in [2.05, 4.69) is 0 Å².